The van der Waals surface area contributed by atoms with Crippen molar-refractivity contribution in [3.63, 3.8) is 0 Å². The lowest BCUT2D eigenvalue weighted by Gasteiger charge is -2.15. The van der Waals surface area contributed by atoms with E-state index in [2.05, 4.69) is 46.2 Å². The Hall–Kier alpha value is -2.78. The molecule has 1 heterocycles. The summed E-state index contributed by atoms with van der Waals surface area (Å²) >= 11 is 6.03. The topological polar surface area (TPSA) is 103 Å². The van der Waals surface area contributed by atoms with Gasteiger partial charge in [0, 0.05) is 35.4 Å². The van der Waals surface area contributed by atoms with Crippen molar-refractivity contribution in [2.75, 3.05) is 30.7 Å². The summed E-state index contributed by atoms with van der Waals surface area (Å²) < 4.78 is 31.1. The molecule has 174 valence electrons. The van der Waals surface area contributed by atoms with Crippen LogP contribution in [0.1, 0.15) is 17.2 Å². The van der Waals surface area contributed by atoms with Gasteiger partial charge in [-0.3, -0.25) is 4.72 Å². The van der Waals surface area contributed by atoms with Crippen molar-refractivity contribution in [1.29, 1.82) is 0 Å². The number of anilines is 1. The first-order valence-corrected chi connectivity index (χ1v) is 12.8. The van der Waals surface area contributed by atoms with Crippen LogP contribution in [0.2, 0.25) is 5.02 Å². The van der Waals surface area contributed by atoms with Gasteiger partial charge in [-0.25, -0.2) is 8.42 Å². The van der Waals surface area contributed by atoms with Gasteiger partial charge in [0.05, 0.1) is 28.6 Å². The number of aryl methyl sites for hydroxylation is 1. The number of hydrogen-bond donors (Lipinski definition) is 4. The van der Waals surface area contributed by atoms with Gasteiger partial charge < -0.3 is 20.1 Å². The second-order valence-electron chi connectivity index (χ2n) is 8.06. The Balaban J connectivity index is 1.30. The summed E-state index contributed by atoms with van der Waals surface area (Å²) in [4.78, 5) is 3.42. The standard InChI is InChI=1S/C24H26ClN3O4S/c1-15-3-8-21-19(11-15)18-6-5-17(13-22(18)27-21)32-10-9-26-14-24(29)16-4-7-20(25)23(12-16)28-33(2,30)31/h3-8,11-13,24,26-29H,9-10,14H2,1-2H3. The summed E-state index contributed by atoms with van der Waals surface area (Å²) in [5.41, 5.74) is 4.14. The molecule has 3 aromatic carbocycles. The molecule has 9 heteroatoms. The number of aliphatic hydroxyl groups is 1. The molecule has 0 aliphatic heterocycles. The number of benzene rings is 3. The average Bonchev–Trinajstić information content (AvgIpc) is 3.11. The van der Waals surface area contributed by atoms with Crippen LogP contribution >= 0.6 is 11.6 Å². The Bertz CT molecular complexity index is 1400. The SMILES string of the molecule is Cc1ccc2[nH]c3cc(OCCNCC(O)c4ccc(Cl)c(NS(C)(=O)=O)c4)ccc3c2c1. The van der Waals surface area contributed by atoms with E-state index in [-0.39, 0.29) is 17.3 Å². The second kappa shape index (κ2) is 9.61. The van der Waals surface area contributed by atoms with Gasteiger partial charge in [0.2, 0.25) is 10.0 Å². The highest BCUT2D eigenvalue weighted by molar-refractivity contribution is 7.92. The Morgan fingerprint density at radius 2 is 1.88 bits per heavy atom. The van der Waals surface area contributed by atoms with Crippen molar-refractivity contribution >= 4 is 49.1 Å². The van der Waals surface area contributed by atoms with E-state index < -0.39 is 16.1 Å². The Morgan fingerprint density at radius 3 is 2.67 bits per heavy atom. The fourth-order valence-corrected chi connectivity index (χ4v) is 4.50. The molecule has 0 saturated heterocycles. The van der Waals surface area contributed by atoms with Gasteiger partial charge in [-0.15, -0.1) is 0 Å². The van der Waals surface area contributed by atoms with E-state index in [4.69, 9.17) is 16.3 Å². The van der Waals surface area contributed by atoms with Gasteiger partial charge in [-0.05, 0) is 48.9 Å². The molecule has 0 bridgehead atoms. The van der Waals surface area contributed by atoms with E-state index in [9.17, 15) is 13.5 Å². The third-order valence-corrected chi connectivity index (χ3v) is 6.20. The molecule has 0 aliphatic rings. The predicted octanol–water partition coefficient (Wildman–Crippen LogP) is 4.36. The van der Waals surface area contributed by atoms with E-state index in [0.717, 1.165) is 28.4 Å². The molecule has 33 heavy (non-hydrogen) atoms. The average molecular weight is 488 g/mol. The molecule has 1 atom stereocenters. The van der Waals surface area contributed by atoms with E-state index in [0.29, 0.717) is 18.7 Å². The first-order valence-electron chi connectivity index (χ1n) is 10.5. The molecule has 0 spiro atoms. The summed E-state index contributed by atoms with van der Waals surface area (Å²) in [6.07, 6.45) is 0.221. The van der Waals surface area contributed by atoms with Gasteiger partial charge in [-0.1, -0.05) is 29.3 Å². The van der Waals surface area contributed by atoms with Gasteiger partial charge in [0.15, 0.2) is 0 Å². The third-order valence-electron chi connectivity index (χ3n) is 5.28. The lowest BCUT2D eigenvalue weighted by Crippen LogP contribution is -2.26. The minimum atomic E-state index is -3.47. The van der Waals surface area contributed by atoms with E-state index >= 15 is 0 Å². The summed E-state index contributed by atoms with van der Waals surface area (Å²) in [7, 11) is -3.47. The summed E-state index contributed by atoms with van der Waals surface area (Å²) in [6, 6.07) is 17.1. The molecule has 4 N–H and O–H groups in total. The highest BCUT2D eigenvalue weighted by Gasteiger charge is 2.12. The molecule has 1 aromatic heterocycles. The van der Waals surface area contributed by atoms with Gasteiger partial charge in [0.25, 0.3) is 0 Å². The van der Waals surface area contributed by atoms with Crippen molar-refractivity contribution in [2.24, 2.45) is 0 Å². The number of halogens is 1. The van der Waals surface area contributed by atoms with Crippen LogP contribution in [0.15, 0.2) is 54.6 Å². The molecule has 4 rings (SSSR count). The number of aromatic nitrogens is 1. The number of ether oxygens (including phenoxy) is 1. The molecule has 1 unspecified atom stereocenters. The van der Waals surface area contributed by atoms with Crippen LogP contribution in [0.25, 0.3) is 21.8 Å². The Kier molecular flexibility index (Phi) is 6.81. The number of fused-ring (bicyclic) bond motifs is 3. The highest BCUT2D eigenvalue weighted by Crippen LogP contribution is 2.29. The minimum absolute atomic E-state index is 0.238. The number of hydrogen-bond acceptors (Lipinski definition) is 5. The van der Waals surface area contributed by atoms with Gasteiger partial charge in [0.1, 0.15) is 12.4 Å². The fourth-order valence-electron chi connectivity index (χ4n) is 3.71. The van der Waals surface area contributed by atoms with E-state index in [1.165, 1.54) is 17.0 Å². The Labute approximate surface area is 197 Å². The molecule has 0 radical (unpaired) electrons. The number of H-pyrrole nitrogens is 1. The summed E-state index contributed by atoms with van der Waals surface area (Å²) in [6.45, 7) is 3.32. The predicted molar refractivity (Wildman–Crippen MR) is 134 cm³/mol. The third kappa shape index (κ3) is 5.78. The highest BCUT2D eigenvalue weighted by atomic mass is 35.5. The zero-order valence-electron chi connectivity index (χ0n) is 18.4. The van der Waals surface area contributed by atoms with Crippen LogP contribution in [-0.4, -0.2) is 44.5 Å². The molecule has 0 saturated carbocycles. The molecule has 4 aromatic rings. The van der Waals surface area contributed by atoms with E-state index in [1.54, 1.807) is 12.1 Å². The number of sulfonamides is 1. The second-order valence-corrected chi connectivity index (χ2v) is 10.2. The Morgan fingerprint density at radius 1 is 1.06 bits per heavy atom. The van der Waals surface area contributed by atoms with Crippen LogP contribution in [-0.2, 0) is 10.0 Å². The fraction of sp³-hybridized carbons (Fsp3) is 0.250. The zero-order chi connectivity index (χ0) is 23.6. The lowest BCUT2D eigenvalue weighted by atomic mass is 10.1. The maximum atomic E-state index is 11.5. The van der Waals surface area contributed by atoms with Crippen molar-refractivity contribution in [3.05, 3.63) is 70.7 Å². The van der Waals surface area contributed by atoms with Crippen LogP contribution in [0.4, 0.5) is 5.69 Å². The number of aliphatic hydroxyl groups excluding tert-OH is 1. The van der Waals surface area contributed by atoms with Gasteiger partial charge in [-0.2, -0.15) is 0 Å². The van der Waals surface area contributed by atoms with E-state index in [1.807, 2.05) is 12.1 Å². The van der Waals surface area contributed by atoms with Crippen LogP contribution in [0.5, 0.6) is 5.75 Å². The van der Waals surface area contributed by atoms with Crippen LogP contribution in [0.3, 0.4) is 0 Å². The van der Waals surface area contributed by atoms with Crippen LogP contribution in [0, 0.1) is 6.92 Å². The first kappa shape index (κ1) is 23.4. The molecular formula is C24H26ClN3O4S. The van der Waals surface area contributed by atoms with Crippen molar-refractivity contribution in [2.45, 2.75) is 13.0 Å². The monoisotopic (exact) mass is 487 g/mol. The maximum absolute atomic E-state index is 11.5. The molecule has 7 nitrogen and oxygen atoms in total. The molecule has 0 amide bonds. The minimum Gasteiger partial charge on any atom is -0.492 e. The lowest BCUT2D eigenvalue weighted by molar-refractivity contribution is 0.172. The maximum Gasteiger partial charge on any atom is 0.229 e. The van der Waals surface area contributed by atoms with Gasteiger partial charge >= 0.3 is 0 Å². The number of rotatable bonds is 9. The normalized spacial score (nSPS) is 12.8. The summed E-state index contributed by atoms with van der Waals surface area (Å²) in [5, 5.41) is 16.2. The van der Waals surface area contributed by atoms with Crippen molar-refractivity contribution in [3.8, 4) is 5.75 Å². The van der Waals surface area contributed by atoms with Crippen LogP contribution < -0.4 is 14.8 Å². The van der Waals surface area contributed by atoms with Crippen molar-refractivity contribution < 1.29 is 18.3 Å². The largest absolute Gasteiger partial charge is 0.492 e. The number of aromatic amines is 1. The summed E-state index contributed by atoms with van der Waals surface area (Å²) in [5.74, 6) is 0.766. The molecule has 0 aliphatic carbocycles. The quantitative estimate of drug-likeness (QED) is 0.263. The molecule has 0 fully saturated rings. The smallest absolute Gasteiger partial charge is 0.229 e. The molecular weight excluding hydrogens is 462 g/mol. The zero-order valence-corrected chi connectivity index (χ0v) is 19.9. The first-order chi connectivity index (χ1) is 15.7. The van der Waals surface area contributed by atoms with Crippen molar-refractivity contribution in [1.82, 2.24) is 10.3 Å². The number of nitrogens with one attached hydrogen (secondary N) is 3.